The molecule has 16 heavy (non-hydrogen) atoms. The molecule has 1 aromatic carbocycles. The molecule has 0 aromatic heterocycles. The standard InChI is InChI=1S/C8H10.C8H18/c1-2-8-6-4-3-5-7-8;1-3-5-7-8-6-4-2/h3-7H,2H2,1H3;3-8H2,1-2H3. The van der Waals surface area contributed by atoms with Crippen LogP contribution in [0.25, 0.3) is 0 Å². The maximum Gasteiger partial charge on any atom is -0.0307 e. The number of rotatable bonds is 6. The van der Waals surface area contributed by atoms with E-state index in [9.17, 15) is 0 Å². The van der Waals surface area contributed by atoms with Gasteiger partial charge in [-0.1, -0.05) is 89.6 Å². The molecule has 0 radical (unpaired) electrons. The van der Waals surface area contributed by atoms with Gasteiger partial charge in [0.2, 0.25) is 0 Å². The second-order valence-corrected chi connectivity index (χ2v) is 4.25. The summed E-state index contributed by atoms with van der Waals surface area (Å²) in [4.78, 5) is 0. The predicted octanol–water partition coefficient (Wildman–Crippen LogP) is 5.62. The molecule has 0 saturated heterocycles. The molecular weight excluding hydrogens is 192 g/mol. The second-order valence-electron chi connectivity index (χ2n) is 4.25. The zero-order chi connectivity index (χ0) is 12.1. The molecule has 0 heterocycles. The van der Waals surface area contributed by atoms with Gasteiger partial charge in [-0.25, -0.2) is 0 Å². The quantitative estimate of drug-likeness (QED) is 0.546. The van der Waals surface area contributed by atoms with Crippen molar-refractivity contribution in [2.75, 3.05) is 0 Å². The van der Waals surface area contributed by atoms with E-state index in [0.29, 0.717) is 0 Å². The van der Waals surface area contributed by atoms with Crippen molar-refractivity contribution in [3.05, 3.63) is 35.9 Å². The lowest BCUT2D eigenvalue weighted by molar-refractivity contribution is 0.624. The van der Waals surface area contributed by atoms with Crippen molar-refractivity contribution < 1.29 is 0 Å². The number of benzene rings is 1. The Bertz CT molecular complexity index is 207. The summed E-state index contributed by atoms with van der Waals surface area (Å²) in [6.07, 6.45) is 9.63. The monoisotopic (exact) mass is 220 g/mol. The molecule has 0 atom stereocenters. The zero-order valence-electron chi connectivity index (χ0n) is 11.3. The van der Waals surface area contributed by atoms with E-state index in [2.05, 4.69) is 45.0 Å². The molecule has 0 spiro atoms. The van der Waals surface area contributed by atoms with Crippen molar-refractivity contribution in [2.45, 2.75) is 65.7 Å². The van der Waals surface area contributed by atoms with E-state index in [1.165, 1.54) is 44.1 Å². The molecule has 0 bridgehead atoms. The lowest BCUT2D eigenvalue weighted by Crippen LogP contribution is -1.73. The van der Waals surface area contributed by atoms with Crippen LogP contribution in [0.5, 0.6) is 0 Å². The zero-order valence-corrected chi connectivity index (χ0v) is 11.3. The van der Waals surface area contributed by atoms with Crippen LogP contribution < -0.4 is 0 Å². The fourth-order valence-electron chi connectivity index (χ4n) is 1.57. The molecule has 0 saturated carbocycles. The van der Waals surface area contributed by atoms with E-state index < -0.39 is 0 Å². The van der Waals surface area contributed by atoms with E-state index in [0.717, 1.165) is 6.42 Å². The molecule has 0 aliphatic rings. The highest BCUT2D eigenvalue weighted by Gasteiger charge is 1.83. The summed E-state index contributed by atoms with van der Waals surface area (Å²) in [6.45, 7) is 6.67. The number of aryl methyl sites for hydroxylation is 1. The minimum absolute atomic E-state index is 1.14. The molecule has 0 amide bonds. The van der Waals surface area contributed by atoms with Gasteiger partial charge < -0.3 is 0 Å². The molecule has 0 fully saturated rings. The third-order valence-corrected chi connectivity index (χ3v) is 2.71. The molecule has 0 aliphatic heterocycles. The van der Waals surface area contributed by atoms with Crippen LogP contribution in [0, 0.1) is 0 Å². The van der Waals surface area contributed by atoms with Gasteiger partial charge in [0.1, 0.15) is 0 Å². The van der Waals surface area contributed by atoms with Gasteiger partial charge in [-0.2, -0.15) is 0 Å². The summed E-state index contributed by atoms with van der Waals surface area (Å²) in [6, 6.07) is 10.5. The highest BCUT2D eigenvalue weighted by Crippen LogP contribution is 2.03. The topological polar surface area (TPSA) is 0 Å². The highest BCUT2D eigenvalue weighted by molar-refractivity contribution is 5.13. The molecule has 0 unspecified atom stereocenters. The normalized spacial score (nSPS) is 9.44. The fourth-order valence-corrected chi connectivity index (χ4v) is 1.57. The summed E-state index contributed by atoms with van der Waals surface area (Å²) in [5.74, 6) is 0. The van der Waals surface area contributed by atoms with Crippen molar-refractivity contribution in [3.63, 3.8) is 0 Å². The van der Waals surface area contributed by atoms with Crippen LogP contribution in [0.4, 0.5) is 0 Å². The highest BCUT2D eigenvalue weighted by atomic mass is 13.9. The van der Waals surface area contributed by atoms with Crippen LogP contribution in [-0.4, -0.2) is 0 Å². The summed E-state index contributed by atoms with van der Waals surface area (Å²) in [7, 11) is 0. The minimum atomic E-state index is 1.14. The van der Waals surface area contributed by atoms with Crippen molar-refractivity contribution in [1.82, 2.24) is 0 Å². The van der Waals surface area contributed by atoms with Crippen LogP contribution in [-0.2, 0) is 6.42 Å². The number of hydrogen-bond acceptors (Lipinski definition) is 0. The lowest BCUT2D eigenvalue weighted by Gasteiger charge is -1.93. The van der Waals surface area contributed by atoms with Gasteiger partial charge in [0.05, 0.1) is 0 Å². The summed E-state index contributed by atoms with van der Waals surface area (Å²) in [5.41, 5.74) is 1.41. The van der Waals surface area contributed by atoms with Crippen LogP contribution in [0.15, 0.2) is 30.3 Å². The Morgan fingerprint density at radius 2 is 1.19 bits per heavy atom. The van der Waals surface area contributed by atoms with Crippen LogP contribution >= 0.6 is 0 Å². The Kier molecular flexibility index (Phi) is 11.7. The van der Waals surface area contributed by atoms with Gasteiger partial charge in [-0.15, -0.1) is 0 Å². The first-order chi connectivity index (χ1) is 7.85. The average Bonchev–Trinajstić information content (AvgIpc) is 2.36. The Morgan fingerprint density at radius 1 is 0.688 bits per heavy atom. The van der Waals surface area contributed by atoms with Gasteiger partial charge in [0, 0.05) is 0 Å². The molecule has 1 aromatic rings. The third kappa shape index (κ3) is 9.76. The molecule has 1 rings (SSSR count). The van der Waals surface area contributed by atoms with Crippen molar-refractivity contribution in [2.24, 2.45) is 0 Å². The molecule has 0 heteroatoms. The molecule has 92 valence electrons. The van der Waals surface area contributed by atoms with E-state index in [1.54, 1.807) is 0 Å². The first-order valence-electron chi connectivity index (χ1n) is 6.89. The largest absolute Gasteiger partial charge is 0.0654 e. The minimum Gasteiger partial charge on any atom is -0.0654 e. The summed E-state index contributed by atoms with van der Waals surface area (Å²) < 4.78 is 0. The first-order valence-corrected chi connectivity index (χ1v) is 6.89. The first kappa shape index (κ1) is 15.2. The SMILES string of the molecule is CCCCCCCC.CCc1ccccc1. The van der Waals surface area contributed by atoms with Crippen molar-refractivity contribution in [3.8, 4) is 0 Å². The maximum absolute atomic E-state index is 2.26. The Labute approximate surface area is 102 Å². The third-order valence-electron chi connectivity index (χ3n) is 2.71. The van der Waals surface area contributed by atoms with Crippen LogP contribution in [0.1, 0.15) is 64.9 Å². The van der Waals surface area contributed by atoms with Gasteiger partial charge in [-0.05, 0) is 12.0 Å². The van der Waals surface area contributed by atoms with Gasteiger partial charge in [-0.3, -0.25) is 0 Å². The van der Waals surface area contributed by atoms with Crippen molar-refractivity contribution >= 4 is 0 Å². The number of unbranched alkanes of at least 4 members (excludes halogenated alkanes) is 5. The second kappa shape index (κ2) is 12.3. The van der Waals surface area contributed by atoms with Crippen LogP contribution in [0.3, 0.4) is 0 Å². The Hall–Kier alpha value is -0.780. The van der Waals surface area contributed by atoms with Gasteiger partial charge >= 0.3 is 0 Å². The van der Waals surface area contributed by atoms with Gasteiger partial charge in [0.25, 0.3) is 0 Å². The molecule has 0 N–H and O–H groups in total. The van der Waals surface area contributed by atoms with E-state index >= 15 is 0 Å². The van der Waals surface area contributed by atoms with Gasteiger partial charge in [0.15, 0.2) is 0 Å². The maximum atomic E-state index is 2.26. The summed E-state index contributed by atoms with van der Waals surface area (Å²) >= 11 is 0. The van der Waals surface area contributed by atoms with E-state index in [1.807, 2.05) is 6.07 Å². The smallest absolute Gasteiger partial charge is 0.0307 e. The molecule has 0 nitrogen and oxygen atoms in total. The molecular formula is C16H28. The number of hydrogen-bond donors (Lipinski definition) is 0. The average molecular weight is 220 g/mol. The van der Waals surface area contributed by atoms with E-state index in [-0.39, 0.29) is 0 Å². The predicted molar refractivity (Wildman–Crippen MR) is 74.9 cm³/mol. The lowest BCUT2D eigenvalue weighted by atomic mass is 10.1. The Balaban J connectivity index is 0.000000281. The summed E-state index contributed by atoms with van der Waals surface area (Å²) in [5, 5.41) is 0. The van der Waals surface area contributed by atoms with E-state index in [4.69, 9.17) is 0 Å². The Morgan fingerprint density at radius 3 is 1.50 bits per heavy atom. The molecule has 0 aliphatic carbocycles. The van der Waals surface area contributed by atoms with Crippen molar-refractivity contribution in [1.29, 1.82) is 0 Å². The fraction of sp³-hybridized carbons (Fsp3) is 0.625. The van der Waals surface area contributed by atoms with Crippen LogP contribution in [0.2, 0.25) is 0 Å².